The zero-order valence-electron chi connectivity index (χ0n) is 9.20. The van der Waals surface area contributed by atoms with E-state index in [2.05, 4.69) is 0 Å². The quantitative estimate of drug-likeness (QED) is 0.327. The first-order chi connectivity index (χ1) is 7.07. The van der Waals surface area contributed by atoms with Crippen molar-refractivity contribution in [1.29, 1.82) is 0 Å². The highest BCUT2D eigenvalue weighted by Gasteiger charge is 2.16. The largest absolute Gasteiger partial charge is 0.294 e. The zero-order valence-corrected chi connectivity index (χ0v) is 9.20. The minimum atomic E-state index is -0.192. The predicted molar refractivity (Wildman–Crippen MR) is 59.9 cm³/mol. The lowest BCUT2D eigenvalue weighted by molar-refractivity contribution is -0.113. The molecule has 2 nitrogen and oxygen atoms in total. The highest BCUT2D eigenvalue weighted by Crippen LogP contribution is 2.13. The van der Waals surface area contributed by atoms with E-state index in [1.807, 2.05) is 19.1 Å². The third-order valence-corrected chi connectivity index (χ3v) is 2.30. The number of benzene rings is 1. The van der Waals surface area contributed by atoms with Gasteiger partial charge in [-0.05, 0) is 26.3 Å². The Morgan fingerprint density at radius 1 is 1.20 bits per heavy atom. The SMILES string of the molecule is C/C=C(/C(C)=O)C(=O)c1ccccc1C. The summed E-state index contributed by atoms with van der Waals surface area (Å²) in [5, 5.41) is 0. The van der Waals surface area contributed by atoms with E-state index in [0.717, 1.165) is 5.56 Å². The van der Waals surface area contributed by atoms with Crippen molar-refractivity contribution in [2.45, 2.75) is 20.8 Å². The summed E-state index contributed by atoms with van der Waals surface area (Å²) in [6.07, 6.45) is 1.57. The molecule has 0 saturated carbocycles. The van der Waals surface area contributed by atoms with Crippen LogP contribution in [0.15, 0.2) is 35.9 Å². The van der Waals surface area contributed by atoms with Crippen molar-refractivity contribution in [2.24, 2.45) is 0 Å². The Balaban J connectivity index is 3.16. The zero-order chi connectivity index (χ0) is 11.4. The molecule has 0 spiro atoms. The van der Waals surface area contributed by atoms with Crippen LogP contribution in [-0.2, 0) is 4.79 Å². The van der Waals surface area contributed by atoms with Crippen LogP contribution in [0.2, 0.25) is 0 Å². The maximum absolute atomic E-state index is 11.9. The molecule has 0 radical (unpaired) electrons. The van der Waals surface area contributed by atoms with Gasteiger partial charge in [-0.1, -0.05) is 30.3 Å². The summed E-state index contributed by atoms with van der Waals surface area (Å²) in [5.74, 6) is -0.381. The summed E-state index contributed by atoms with van der Waals surface area (Å²) >= 11 is 0. The molecule has 0 aliphatic heterocycles. The van der Waals surface area contributed by atoms with E-state index in [-0.39, 0.29) is 17.1 Å². The minimum Gasteiger partial charge on any atom is -0.294 e. The molecule has 0 bridgehead atoms. The van der Waals surface area contributed by atoms with Crippen molar-refractivity contribution in [3.8, 4) is 0 Å². The summed E-state index contributed by atoms with van der Waals surface area (Å²) in [6, 6.07) is 7.27. The van der Waals surface area contributed by atoms with Crippen LogP contribution in [0.5, 0.6) is 0 Å². The van der Waals surface area contributed by atoms with Gasteiger partial charge in [-0.15, -0.1) is 0 Å². The van der Waals surface area contributed by atoms with Crippen molar-refractivity contribution < 1.29 is 9.59 Å². The van der Waals surface area contributed by atoms with E-state index in [1.165, 1.54) is 6.92 Å². The first-order valence-corrected chi connectivity index (χ1v) is 4.85. The molecule has 0 amide bonds. The molecule has 1 rings (SSSR count). The van der Waals surface area contributed by atoms with Crippen LogP contribution in [0.3, 0.4) is 0 Å². The fourth-order valence-corrected chi connectivity index (χ4v) is 1.47. The summed E-state index contributed by atoms with van der Waals surface area (Å²) in [7, 11) is 0. The van der Waals surface area contributed by atoms with E-state index in [9.17, 15) is 9.59 Å². The maximum Gasteiger partial charge on any atom is 0.196 e. The number of carbonyl (C=O) groups is 2. The number of Topliss-reactive ketones (excluding diaryl/α,β-unsaturated/α-hetero) is 2. The monoisotopic (exact) mass is 202 g/mol. The van der Waals surface area contributed by atoms with E-state index in [0.29, 0.717) is 5.56 Å². The smallest absolute Gasteiger partial charge is 0.196 e. The Labute approximate surface area is 89.6 Å². The van der Waals surface area contributed by atoms with E-state index >= 15 is 0 Å². The summed E-state index contributed by atoms with van der Waals surface area (Å²) in [5.41, 5.74) is 1.74. The highest BCUT2D eigenvalue weighted by atomic mass is 16.1. The van der Waals surface area contributed by atoms with Crippen LogP contribution in [-0.4, -0.2) is 11.6 Å². The van der Waals surface area contributed by atoms with Crippen LogP contribution in [0.4, 0.5) is 0 Å². The van der Waals surface area contributed by atoms with Gasteiger partial charge in [0.2, 0.25) is 0 Å². The molecule has 2 heteroatoms. The van der Waals surface area contributed by atoms with Gasteiger partial charge in [-0.3, -0.25) is 9.59 Å². The molecule has 0 saturated heterocycles. The van der Waals surface area contributed by atoms with Gasteiger partial charge in [0.05, 0.1) is 5.57 Å². The Bertz CT molecular complexity index is 428. The van der Waals surface area contributed by atoms with Gasteiger partial charge in [-0.25, -0.2) is 0 Å². The molecule has 0 aromatic heterocycles. The molecule has 0 fully saturated rings. The number of hydrogen-bond donors (Lipinski definition) is 0. The van der Waals surface area contributed by atoms with Crippen LogP contribution < -0.4 is 0 Å². The lowest BCUT2D eigenvalue weighted by Crippen LogP contribution is -2.11. The van der Waals surface area contributed by atoms with Crippen molar-refractivity contribution in [1.82, 2.24) is 0 Å². The van der Waals surface area contributed by atoms with Crippen LogP contribution >= 0.6 is 0 Å². The van der Waals surface area contributed by atoms with Gasteiger partial charge in [0.1, 0.15) is 0 Å². The lowest BCUT2D eigenvalue weighted by Gasteiger charge is -2.05. The molecule has 0 aliphatic carbocycles. The van der Waals surface area contributed by atoms with Crippen molar-refractivity contribution in [3.63, 3.8) is 0 Å². The average Bonchev–Trinajstić information content (AvgIpc) is 2.18. The van der Waals surface area contributed by atoms with Crippen LogP contribution in [0.25, 0.3) is 0 Å². The normalized spacial score (nSPS) is 11.3. The molecule has 15 heavy (non-hydrogen) atoms. The van der Waals surface area contributed by atoms with E-state index < -0.39 is 0 Å². The Hall–Kier alpha value is -1.70. The fourth-order valence-electron chi connectivity index (χ4n) is 1.47. The highest BCUT2D eigenvalue weighted by molar-refractivity contribution is 6.25. The minimum absolute atomic E-state index is 0.189. The van der Waals surface area contributed by atoms with Crippen LogP contribution in [0, 0.1) is 6.92 Å². The number of rotatable bonds is 3. The Kier molecular flexibility index (Phi) is 3.56. The maximum atomic E-state index is 11.9. The lowest BCUT2D eigenvalue weighted by atomic mass is 9.97. The van der Waals surface area contributed by atoms with Gasteiger partial charge >= 0.3 is 0 Å². The molecule has 1 aromatic carbocycles. The fraction of sp³-hybridized carbons (Fsp3) is 0.231. The molecule has 0 N–H and O–H groups in total. The molecular formula is C13H14O2. The molecule has 0 atom stereocenters. The van der Waals surface area contributed by atoms with E-state index in [1.54, 1.807) is 25.1 Å². The Morgan fingerprint density at radius 3 is 2.27 bits per heavy atom. The standard InChI is InChI=1S/C13H14O2/c1-4-11(10(3)14)13(15)12-8-6-5-7-9(12)2/h4-8H,1-3H3/b11-4-. The summed E-state index contributed by atoms with van der Waals surface area (Å²) in [4.78, 5) is 23.2. The van der Waals surface area contributed by atoms with Crippen molar-refractivity contribution in [3.05, 3.63) is 47.0 Å². The Morgan fingerprint density at radius 2 is 1.80 bits per heavy atom. The second kappa shape index (κ2) is 4.69. The molecular weight excluding hydrogens is 188 g/mol. The van der Waals surface area contributed by atoms with Crippen molar-refractivity contribution in [2.75, 3.05) is 0 Å². The second-order valence-corrected chi connectivity index (χ2v) is 3.40. The number of aryl methyl sites for hydroxylation is 1. The predicted octanol–water partition coefficient (Wildman–Crippen LogP) is 2.71. The first kappa shape index (κ1) is 11.4. The molecule has 78 valence electrons. The summed E-state index contributed by atoms with van der Waals surface area (Å²) in [6.45, 7) is 4.97. The second-order valence-electron chi connectivity index (χ2n) is 3.40. The third kappa shape index (κ3) is 2.40. The average molecular weight is 202 g/mol. The molecule has 0 unspecified atom stereocenters. The van der Waals surface area contributed by atoms with Crippen molar-refractivity contribution >= 4 is 11.6 Å². The summed E-state index contributed by atoms with van der Waals surface area (Å²) < 4.78 is 0. The number of carbonyl (C=O) groups excluding carboxylic acids is 2. The molecule has 1 aromatic rings. The van der Waals surface area contributed by atoms with Gasteiger partial charge in [0, 0.05) is 5.56 Å². The number of ketones is 2. The van der Waals surface area contributed by atoms with Gasteiger partial charge < -0.3 is 0 Å². The van der Waals surface area contributed by atoms with Gasteiger partial charge in [0.15, 0.2) is 11.6 Å². The number of allylic oxidation sites excluding steroid dienone is 2. The van der Waals surface area contributed by atoms with Gasteiger partial charge in [-0.2, -0.15) is 0 Å². The topological polar surface area (TPSA) is 34.1 Å². The van der Waals surface area contributed by atoms with Crippen LogP contribution in [0.1, 0.15) is 29.8 Å². The van der Waals surface area contributed by atoms with Gasteiger partial charge in [0.25, 0.3) is 0 Å². The molecule has 0 heterocycles. The third-order valence-electron chi connectivity index (χ3n) is 2.30. The number of hydrogen-bond acceptors (Lipinski definition) is 2. The van der Waals surface area contributed by atoms with E-state index in [4.69, 9.17) is 0 Å². The first-order valence-electron chi connectivity index (χ1n) is 4.85. The molecule has 0 aliphatic rings.